The minimum atomic E-state index is 0.00310. The summed E-state index contributed by atoms with van der Waals surface area (Å²) in [6, 6.07) is 7.81. The van der Waals surface area contributed by atoms with Gasteiger partial charge in [0, 0.05) is 17.8 Å². The summed E-state index contributed by atoms with van der Waals surface area (Å²) in [4.78, 5) is 16.1. The fraction of sp³-hybridized carbons (Fsp3) is 0.267. The van der Waals surface area contributed by atoms with Gasteiger partial charge in [0.05, 0.1) is 15.9 Å². The number of amides is 1. The summed E-state index contributed by atoms with van der Waals surface area (Å²) in [5.41, 5.74) is 3.68. The van der Waals surface area contributed by atoms with Gasteiger partial charge in [-0.25, -0.2) is 9.67 Å². The van der Waals surface area contributed by atoms with Gasteiger partial charge in [0.2, 0.25) is 11.0 Å². The lowest BCUT2D eigenvalue weighted by molar-refractivity contribution is -0.115. The second-order valence-electron chi connectivity index (χ2n) is 4.92. The monoisotopic (exact) mass is 300 g/mol. The number of hydrogen-bond acceptors (Lipinski definition) is 4. The highest BCUT2D eigenvalue weighted by Crippen LogP contribution is 2.27. The Morgan fingerprint density at radius 3 is 2.81 bits per heavy atom. The van der Waals surface area contributed by atoms with Gasteiger partial charge in [-0.3, -0.25) is 4.79 Å². The van der Waals surface area contributed by atoms with Crippen LogP contribution in [-0.4, -0.2) is 20.7 Å². The zero-order chi connectivity index (χ0) is 15.0. The van der Waals surface area contributed by atoms with Crippen LogP contribution in [0.3, 0.4) is 0 Å². The van der Waals surface area contributed by atoms with Gasteiger partial charge in [-0.2, -0.15) is 5.10 Å². The predicted molar refractivity (Wildman–Crippen MR) is 85.1 cm³/mol. The molecule has 6 heteroatoms. The number of thiazole rings is 1. The number of hydrogen-bond donors (Lipinski definition) is 1. The SMILES string of the molecule is CCC(=O)Nc1ccc2sc(-n3nc(C)cc3C)nc2c1. The number of fused-ring (bicyclic) bond motifs is 1. The molecule has 0 unspecified atom stereocenters. The highest BCUT2D eigenvalue weighted by molar-refractivity contribution is 7.20. The van der Waals surface area contributed by atoms with Crippen LogP contribution in [0.1, 0.15) is 24.7 Å². The quantitative estimate of drug-likeness (QED) is 0.806. The van der Waals surface area contributed by atoms with Crippen molar-refractivity contribution in [1.29, 1.82) is 0 Å². The lowest BCUT2D eigenvalue weighted by atomic mass is 10.3. The molecule has 0 radical (unpaired) electrons. The fourth-order valence-electron chi connectivity index (χ4n) is 2.16. The van der Waals surface area contributed by atoms with E-state index in [1.165, 1.54) is 0 Å². The summed E-state index contributed by atoms with van der Waals surface area (Å²) in [6.07, 6.45) is 0.464. The maximum atomic E-state index is 11.4. The smallest absolute Gasteiger partial charge is 0.224 e. The van der Waals surface area contributed by atoms with E-state index in [9.17, 15) is 4.79 Å². The molecule has 0 saturated carbocycles. The van der Waals surface area contributed by atoms with E-state index in [2.05, 4.69) is 15.4 Å². The lowest BCUT2D eigenvalue weighted by Crippen LogP contribution is -2.09. The number of nitrogens with one attached hydrogen (secondary N) is 1. The third-order valence-corrected chi connectivity index (χ3v) is 4.18. The van der Waals surface area contributed by atoms with Crippen LogP contribution >= 0.6 is 11.3 Å². The molecule has 0 atom stereocenters. The van der Waals surface area contributed by atoms with E-state index in [0.717, 1.165) is 32.4 Å². The summed E-state index contributed by atoms with van der Waals surface area (Å²) in [6.45, 7) is 5.81. The minimum absolute atomic E-state index is 0.00310. The molecule has 0 spiro atoms. The van der Waals surface area contributed by atoms with Crippen molar-refractivity contribution < 1.29 is 4.79 Å². The number of benzene rings is 1. The van der Waals surface area contributed by atoms with Crippen molar-refractivity contribution in [2.75, 3.05) is 5.32 Å². The summed E-state index contributed by atoms with van der Waals surface area (Å²) in [5, 5.41) is 8.15. The zero-order valence-corrected chi connectivity index (χ0v) is 13.0. The Balaban J connectivity index is 2.00. The molecule has 108 valence electrons. The van der Waals surface area contributed by atoms with E-state index < -0.39 is 0 Å². The minimum Gasteiger partial charge on any atom is -0.326 e. The fourth-order valence-corrected chi connectivity index (χ4v) is 3.11. The Kier molecular flexibility index (Phi) is 3.47. The third-order valence-electron chi connectivity index (χ3n) is 3.17. The van der Waals surface area contributed by atoms with Crippen molar-refractivity contribution in [3.63, 3.8) is 0 Å². The number of anilines is 1. The van der Waals surface area contributed by atoms with Crippen LogP contribution in [0, 0.1) is 13.8 Å². The molecular weight excluding hydrogens is 284 g/mol. The topological polar surface area (TPSA) is 59.8 Å². The molecule has 0 fully saturated rings. The van der Waals surface area contributed by atoms with Gasteiger partial charge in [0.25, 0.3) is 0 Å². The van der Waals surface area contributed by atoms with E-state index in [1.54, 1.807) is 11.3 Å². The van der Waals surface area contributed by atoms with Crippen LogP contribution in [0.25, 0.3) is 15.3 Å². The highest BCUT2D eigenvalue weighted by atomic mass is 32.1. The number of rotatable bonds is 3. The molecule has 0 bridgehead atoms. The first-order valence-electron chi connectivity index (χ1n) is 6.81. The molecule has 21 heavy (non-hydrogen) atoms. The van der Waals surface area contributed by atoms with Crippen LogP contribution in [0.5, 0.6) is 0 Å². The standard InChI is InChI=1S/C15H16N4OS/c1-4-14(20)16-11-5-6-13-12(8-11)17-15(21-13)19-10(3)7-9(2)18-19/h5-8H,4H2,1-3H3,(H,16,20). The Labute approximate surface area is 126 Å². The average molecular weight is 300 g/mol. The third kappa shape index (κ3) is 2.67. The Morgan fingerprint density at radius 2 is 2.14 bits per heavy atom. The van der Waals surface area contributed by atoms with Gasteiger partial charge >= 0.3 is 0 Å². The second-order valence-corrected chi connectivity index (χ2v) is 5.93. The van der Waals surface area contributed by atoms with Crippen LogP contribution in [0.2, 0.25) is 0 Å². The van der Waals surface area contributed by atoms with E-state index in [1.807, 2.05) is 49.7 Å². The summed E-state index contributed by atoms with van der Waals surface area (Å²) < 4.78 is 2.93. The first kappa shape index (κ1) is 13.8. The number of carbonyl (C=O) groups excluding carboxylic acids is 1. The molecule has 1 aromatic carbocycles. The van der Waals surface area contributed by atoms with Crippen molar-refractivity contribution in [3.8, 4) is 5.13 Å². The van der Waals surface area contributed by atoms with Crippen LogP contribution < -0.4 is 5.32 Å². The van der Waals surface area contributed by atoms with Crippen molar-refractivity contribution in [3.05, 3.63) is 35.7 Å². The van der Waals surface area contributed by atoms with Crippen LogP contribution in [0.4, 0.5) is 5.69 Å². The summed E-state index contributed by atoms with van der Waals surface area (Å²) in [7, 11) is 0. The molecule has 0 aliphatic rings. The summed E-state index contributed by atoms with van der Waals surface area (Å²) in [5.74, 6) is 0.00310. The maximum absolute atomic E-state index is 11.4. The molecule has 1 N–H and O–H groups in total. The molecule has 0 aliphatic carbocycles. The number of aromatic nitrogens is 3. The van der Waals surface area contributed by atoms with Gasteiger partial charge in [-0.1, -0.05) is 18.3 Å². The first-order valence-corrected chi connectivity index (χ1v) is 7.62. The normalized spacial score (nSPS) is 11.0. The molecule has 5 nitrogen and oxygen atoms in total. The Hall–Kier alpha value is -2.21. The van der Waals surface area contributed by atoms with Gasteiger partial charge < -0.3 is 5.32 Å². The van der Waals surface area contributed by atoms with Crippen LogP contribution in [-0.2, 0) is 4.79 Å². The van der Waals surface area contributed by atoms with Crippen molar-refractivity contribution >= 4 is 33.1 Å². The molecule has 3 aromatic rings. The lowest BCUT2D eigenvalue weighted by Gasteiger charge is -2.02. The van der Waals surface area contributed by atoms with E-state index in [0.29, 0.717) is 6.42 Å². The summed E-state index contributed by atoms with van der Waals surface area (Å²) >= 11 is 1.59. The van der Waals surface area contributed by atoms with Crippen molar-refractivity contribution in [2.45, 2.75) is 27.2 Å². The van der Waals surface area contributed by atoms with Gasteiger partial charge in [-0.15, -0.1) is 0 Å². The molecule has 2 aromatic heterocycles. The van der Waals surface area contributed by atoms with Crippen molar-refractivity contribution in [1.82, 2.24) is 14.8 Å². The number of carbonyl (C=O) groups is 1. The van der Waals surface area contributed by atoms with Crippen molar-refractivity contribution in [2.24, 2.45) is 0 Å². The number of aryl methyl sites for hydroxylation is 2. The largest absolute Gasteiger partial charge is 0.326 e. The predicted octanol–water partition coefficient (Wildman–Crippen LogP) is 3.45. The molecule has 1 amide bonds. The molecule has 3 rings (SSSR count). The Morgan fingerprint density at radius 1 is 1.33 bits per heavy atom. The van der Waals surface area contributed by atoms with E-state index in [-0.39, 0.29) is 5.91 Å². The van der Waals surface area contributed by atoms with E-state index >= 15 is 0 Å². The molecule has 2 heterocycles. The second kappa shape index (κ2) is 5.29. The van der Waals surface area contributed by atoms with E-state index in [4.69, 9.17) is 0 Å². The zero-order valence-electron chi connectivity index (χ0n) is 12.2. The molecular formula is C15H16N4OS. The number of nitrogens with zero attached hydrogens (tertiary/aromatic N) is 3. The molecule has 0 aliphatic heterocycles. The first-order chi connectivity index (χ1) is 10.1. The van der Waals surface area contributed by atoms with Crippen LogP contribution in [0.15, 0.2) is 24.3 Å². The average Bonchev–Trinajstić information content (AvgIpc) is 3.00. The highest BCUT2D eigenvalue weighted by Gasteiger charge is 2.10. The Bertz CT molecular complexity index is 818. The maximum Gasteiger partial charge on any atom is 0.224 e. The van der Waals surface area contributed by atoms with Gasteiger partial charge in [0.1, 0.15) is 0 Å². The van der Waals surface area contributed by atoms with Gasteiger partial charge in [-0.05, 0) is 38.1 Å². The molecule has 0 saturated heterocycles. The van der Waals surface area contributed by atoms with Gasteiger partial charge in [0.15, 0.2) is 0 Å².